The van der Waals surface area contributed by atoms with Crippen LogP contribution < -0.4 is 9.47 Å². The molecule has 1 aromatic carbocycles. The molecule has 4 fully saturated rings. The molecule has 1 N–H and O–H groups in total. The van der Waals surface area contributed by atoms with E-state index in [0.29, 0.717) is 11.8 Å². The van der Waals surface area contributed by atoms with Crippen LogP contribution in [0.1, 0.15) is 56.3 Å². The van der Waals surface area contributed by atoms with Crippen molar-refractivity contribution in [1.82, 2.24) is 0 Å². The van der Waals surface area contributed by atoms with Gasteiger partial charge in [-0.25, -0.2) is 4.79 Å². The first kappa shape index (κ1) is 27.0. The lowest BCUT2D eigenvalue weighted by Crippen LogP contribution is -2.51. The van der Waals surface area contributed by atoms with Crippen molar-refractivity contribution >= 4 is 16.1 Å². The van der Waals surface area contributed by atoms with Gasteiger partial charge < -0.3 is 18.9 Å². The second-order valence-electron chi connectivity index (χ2n) is 10.4. The molecule has 0 amide bonds. The third kappa shape index (κ3) is 6.83. The minimum absolute atomic E-state index is 0.0363. The molecule has 0 saturated heterocycles. The average molecular weight is 537 g/mol. The van der Waals surface area contributed by atoms with E-state index < -0.39 is 46.8 Å². The molecular formula is C24H31F3O8S. The van der Waals surface area contributed by atoms with E-state index in [1.807, 2.05) is 13.8 Å². The van der Waals surface area contributed by atoms with Crippen molar-refractivity contribution in [2.24, 2.45) is 29.6 Å². The molecule has 5 rings (SSSR count). The quantitative estimate of drug-likeness (QED) is 0.257. The van der Waals surface area contributed by atoms with Gasteiger partial charge in [0.15, 0.2) is 11.5 Å². The van der Waals surface area contributed by atoms with Crippen molar-refractivity contribution in [1.29, 1.82) is 0 Å². The molecule has 36 heavy (non-hydrogen) atoms. The Labute approximate surface area is 208 Å². The van der Waals surface area contributed by atoms with E-state index in [4.69, 9.17) is 18.8 Å². The standard InChI is InChI=1S/C24H31F3O8S/c1-13(2)23(34-21-17-8-14-7-15(10-17)11-18(21)9-14)33-20-12-16(3-4-19(20)35-24(25,26)27)22(28)32-5-6-36(29,30)31/h3-4,12-15,17-18,21,23H,5-11H2,1-2H3,(H,29,30,31). The number of carbonyl (C=O) groups is 1. The number of hydrogen-bond acceptors (Lipinski definition) is 7. The Kier molecular flexibility index (Phi) is 7.78. The lowest BCUT2D eigenvalue weighted by atomic mass is 9.55. The van der Waals surface area contributed by atoms with Crippen LogP contribution in [-0.2, 0) is 19.6 Å². The van der Waals surface area contributed by atoms with Gasteiger partial charge in [-0.1, -0.05) is 13.8 Å². The molecule has 0 aromatic heterocycles. The van der Waals surface area contributed by atoms with Crippen LogP contribution in [0.15, 0.2) is 18.2 Å². The van der Waals surface area contributed by atoms with Crippen molar-refractivity contribution in [3.63, 3.8) is 0 Å². The number of halogens is 3. The first-order valence-corrected chi connectivity index (χ1v) is 13.7. The summed E-state index contributed by atoms with van der Waals surface area (Å²) in [6, 6.07) is 3.03. The molecule has 4 aliphatic carbocycles. The number of esters is 1. The molecule has 0 spiro atoms. The fourth-order valence-electron chi connectivity index (χ4n) is 5.96. The Morgan fingerprint density at radius 3 is 2.19 bits per heavy atom. The summed E-state index contributed by atoms with van der Waals surface area (Å²) in [4.78, 5) is 12.3. The van der Waals surface area contributed by atoms with Gasteiger partial charge in [-0.15, -0.1) is 13.2 Å². The van der Waals surface area contributed by atoms with Gasteiger partial charge in [0.05, 0.1) is 11.7 Å². The van der Waals surface area contributed by atoms with Crippen LogP contribution in [0.5, 0.6) is 11.5 Å². The van der Waals surface area contributed by atoms with E-state index in [1.54, 1.807) is 0 Å². The molecule has 1 aromatic rings. The van der Waals surface area contributed by atoms with Crippen molar-refractivity contribution in [2.75, 3.05) is 12.4 Å². The van der Waals surface area contributed by atoms with E-state index in [-0.39, 0.29) is 23.3 Å². The van der Waals surface area contributed by atoms with E-state index >= 15 is 0 Å². The fraction of sp³-hybridized carbons (Fsp3) is 0.708. The lowest BCUT2D eigenvalue weighted by Gasteiger charge is -2.54. The van der Waals surface area contributed by atoms with E-state index in [0.717, 1.165) is 55.7 Å². The van der Waals surface area contributed by atoms with Crippen LogP contribution in [0.4, 0.5) is 13.2 Å². The molecule has 4 aliphatic rings. The summed E-state index contributed by atoms with van der Waals surface area (Å²) in [6.07, 6.45) is -0.267. The molecule has 4 saturated carbocycles. The van der Waals surface area contributed by atoms with Gasteiger partial charge in [0, 0.05) is 5.92 Å². The highest BCUT2D eigenvalue weighted by Gasteiger charge is 2.49. The minimum atomic E-state index is -4.99. The molecule has 12 heteroatoms. The lowest BCUT2D eigenvalue weighted by molar-refractivity contribution is -0.276. The number of hydrogen-bond donors (Lipinski definition) is 1. The molecule has 1 unspecified atom stereocenters. The zero-order chi connectivity index (χ0) is 26.3. The topological polar surface area (TPSA) is 108 Å². The van der Waals surface area contributed by atoms with Crippen LogP contribution in [0.25, 0.3) is 0 Å². The zero-order valence-corrected chi connectivity index (χ0v) is 20.9. The summed E-state index contributed by atoms with van der Waals surface area (Å²) in [6.45, 7) is 3.04. The van der Waals surface area contributed by atoms with Gasteiger partial charge in [0.1, 0.15) is 12.4 Å². The monoisotopic (exact) mass is 536 g/mol. The Hall–Kier alpha value is -2.05. The summed E-state index contributed by atoms with van der Waals surface area (Å²) in [5.41, 5.74) is -0.174. The van der Waals surface area contributed by atoms with Crippen LogP contribution in [0.2, 0.25) is 0 Å². The van der Waals surface area contributed by atoms with E-state index in [1.165, 1.54) is 6.42 Å². The first-order valence-electron chi connectivity index (χ1n) is 12.1. The number of rotatable bonds is 10. The molecule has 202 valence electrons. The van der Waals surface area contributed by atoms with E-state index in [2.05, 4.69) is 4.74 Å². The summed E-state index contributed by atoms with van der Waals surface area (Å²) in [5, 5.41) is 0. The van der Waals surface area contributed by atoms with Gasteiger partial charge in [-0.05, 0) is 74.0 Å². The molecule has 0 aliphatic heterocycles. The van der Waals surface area contributed by atoms with Crippen LogP contribution in [0, 0.1) is 29.6 Å². The summed E-state index contributed by atoms with van der Waals surface area (Å²) in [7, 11) is -4.35. The second-order valence-corrected chi connectivity index (χ2v) is 12.0. The summed E-state index contributed by atoms with van der Waals surface area (Å²) < 4.78 is 90.8. The Bertz CT molecular complexity index is 1030. The maximum atomic E-state index is 13.0. The van der Waals surface area contributed by atoms with E-state index in [9.17, 15) is 26.4 Å². The zero-order valence-electron chi connectivity index (χ0n) is 20.1. The molecule has 8 nitrogen and oxygen atoms in total. The van der Waals surface area contributed by atoms with Gasteiger partial charge in [-0.3, -0.25) is 4.55 Å². The Balaban J connectivity index is 1.52. The molecule has 1 atom stereocenters. The Morgan fingerprint density at radius 1 is 1.06 bits per heavy atom. The van der Waals surface area contributed by atoms with Crippen molar-refractivity contribution in [3.8, 4) is 11.5 Å². The van der Waals surface area contributed by atoms with Crippen LogP contribution in [-0.4, -0.2) is 50.1 Å². The predicted molar refractivity (Wildman–Crippen MR) is 121 cm³/mol. The largest absolute Gasteiger partial charge is 0.573 e. The van der Waals surface area contributed by atoms with Crippen molar-refractivity contribution in [2.45, 2.75) is 64.7 Å². The SMILES string of the molecule is CC(C)C(Oc1cc(C(=O)OCCS(=O)(=O)O)ccc1OC(F)(F)F)OC1C2CC3CC(C2)CC1C3. The second kappa shape index (κ2) is 10.4. The highest BCUT2D eigenvalue weighted by Crippen LogP contribution is 2.55. The third-order valence-corrected chi connectivity index (χ3v) is 7.88. The first-order chi connectivity index (χ1) is 16.8. The van der Waals surface area contributed by atoms with Gasteiger partial charge in [0.2, 0.25) is 6.29 Å². The molecule has 0 heterocycles. The highest BCUT2D eigenvalue weighted by molar-refractivity contribution is 7.85. The summed E-state index contributed by atoms with van der Waals surface area (Å²) in [5.74, 6) is -0.761. The van der Waals surface area contributed by atoms with Gasteiger partial charge >= 0.3 is 12.3 Å². The van der Waals surface area contributed by atoms with Gasteiger partial charge in [0.25, 0.3) is 10.1 Å². The molecular weight excluding hydrogens is 505 g/mol. The van der Waals surface area contributed by atoms with Gasteiger partial charge in [-0.2, -0.15) is 8.42 Å². The average Bonchev–Trinajstić information content (AvgIpc) is 2.73. The highest BCUT2D eigenvalue weighted by atomic mass is 32.2. The number of carbonyl (C=O) groups excluding carboxylic acids is 1. The van der Waals surface area contributed by atoms with Crippen LogP contribution in [0.3, 0.4) is 0 Å². The normalized spacial score (nSPS) is 28.2. The number of benzene rings is 1. The Morgan fingerprint density at radius 2 is 1.67 bits per heavy atom. The minimum Gasteiger partial charge on any atom is -0.461 e. The third-order valence-electron chi connectivity index (χ3n) is 7.20. The number of alkyl halides is 3. The maximum absolute atomic E-state index is 13.0. The van der Waals surface area contributed by atoms with Crippen molar-refractivity contribution in [3.05, 3.63) is 23.8 Å². The molecule has 0 radical (unpaired) electrons. The van der Waals surface area contributed by atoms with Crippen molar-refractivity contribution < 1.29 is 49.9 Å². The fourth-order valence-corrected chi connectivity index (χ4v) is 6.25. The van der Waals surface area contributed by atoms with Crippen LogP contribution >= 0.6 is 0 Å². The predicted octanol–water partition coefficient (Wildman–Crippen LogP) is 4.83. The number of ether oxygens (including phenoxy) is 4. The summed E-state index contributed by atoms with van der Waals surface area (Å²) >= 11 is 0. The smallest absolute Gasteiger partial charge is 0.461 e. The molecule has 4 bridgehead atoms. The maximum Gasteiger partial charge on any atom is 0.573 e.